The molecule has 0 aliphatic heterocycles. The van der Waals surface area contributed by atoms with E-state index < -0.39 is 15.4 Å². The molecule has 0 saturated heterocycles. The Balaban J connectivity index is 0. The van der Waals surface area contributed by atoms with Crippen molar-refractivity contribution in [3.05, 3.63) is 0 Å². The first-order chi connectivity index (χ1) is 1.73. The molecule has 1 N–H and O–H groups in total. The normalized spacial score (nSPS) is 5.00. The minimum absolute atomic E-state index is 0. The number of hydrogen-bond acceptors (Lipinski definition) is 2. The molecule has 0 aromatic heterocycles. The van der Waals surface area contributed by atoms with Gasteiger partial charge in [0.15, 0.2) is 0 Å². The van der Waals surface area contributed by atoms with Gasteiger partial charge in [0.25, 0.3) is 0 Å². The molecular formula is HCuO3V. The minimum atomic E-state index is -3.69. The fraction of sp³-hybridized carbons (Fsp3) is 0. The maximum atomic E-state index is 8.67. The predicted molar refractivity (Wildman–Crippen MR) is 3.59 cm³/mol. The van der Waals surface area contributed by atoms with E-state index in [4.69, 9.17) is 11.4 Å². The molecule has 0 atom stereocenters. The van der Waals surface area contributed by atoms with Gasteiger partial charge in [-0.1, -0.05) is 0 Å². The summed E-state index contributed by atoms with van der Waals surface area (Å²) in [6.07, 6.45) is 0. The van der Waals surface area contributed by atoms with Crippen LogP contribution in [0.25, 0.3) is 0 Å². The Morgan fingerprint density at radius 1 is 1.40 bits per heavy atom. The van der Waals surface area contributed by atoms with E-state index in [0.29, 0.717) is 0 Å². The Morgan fingerprint density at radius 2 is 1.40 bits per heavy atom. The molecule has 0 aromatic carbocycles. The van der Waals surface area contributed by atoms with E-state index >= 15 is 0 Å². The fourth-order valence-electron chi connectivity index (χ4n) is 0. The number of hydrogen-bond donors (Lipinski definition) is 1. The zero-order valence-corrected chi connectivity index (χ0v) is 4.35. The van der Waals surface area contributed by atoms with Crippen LogP contribution in [0.2, 0.25) is 0 Å². The average Bonchev–Trinajstić information content (AvgIpc) is 0.811. The summed E-state index contributed by atoms with van der Waals surface area (Å²) >= 11 is -3.69. The fourth-order valence-corrected chi connectivity index (χ4v) is 0. The quantitative estimate of drug-likeness (QED) is 0.476. The van der Waals surface area contributed by atoms with E-state index in [0.717, 1.165) is 0 Å². The maximum absolute atomic E-state index is 8.67. The van der Waals surface area contributed by atoms with Crippen molar-refractivity contribution in [2.45, 2.75) is 0 Å². The van der Waals surface area contributed by atoms with E-state index in [1.807, 2.05) is 0 Å². The van der Waals surface area contributed by atoms with Gasteiger partial charge < -0.3 is 0 Å². The van der Waals surface area contributed by atoms with Gasteiger partial charge in [-0.15, -0.1) is 0 Å². The average molecular weight is 163 g/mol. The van der Waals surface area contributed by atoms with Crippen LogP contribution < -0.4 is 0 Å². The first-order valence-corrected chi connectivity index (χ1v) is 2.33. The van der Waals surface area contributed by atoms with Gasteiger partial charge in [0.05, 0.1) is 0 Å². The Bertz CT molecular complexity index is 55.3. The molecule has 0 fully saturated rings. The van der Waals surface area contributed by atoms with Crippen LogP contribution in [0.4, 0.5) is 0 Å². The molecule has 1 radical (unpaired) electrons. The molecular weight excluding hydrogens is 162 g/mol. The van der Waals surface area contributed by atoms with Crippen LogP contribution in [0.3, 0.4) is 0 Å². The van der Waals surface area contributed by atoms with Gasteiger partial charge in [-0.25, -0.2) is 0 Å². The van der Waals surface area contributed by atoms with E-state index in [9.17, 15) is 0 Å². The third-order valence-corrected chi connectivity index (χ3v) is 0. The topological polar surface area (TPSA) is 54.4 Å². The predicted octanol–water partition coefficient (Wildman–Crippen LogP) is -0.800. The zero-order chi connectivity index (χ0) is 3.58. The SMILES string of the molecule is [Cu].[O]=[V](=[O])[OH]. The summed E-state index contributed by atoms with van der Waals surface area (Å²) in [6.45, 7) is 0. The second-order valence-corrected chi connectivity index (χ2v) is 0.981. The first kappa shape index (κ1) is 9.18. The van der Waals surface area contributed by atoms with Gasteiger partial charge in [-0.05, 0) is 0 Å². The third-order valence-electron chi connectivity index (χ3n) is 0. The molecule has 0 rings (SSSR count). The first-order valence-electron chi connectivity index (χ1n) is 0.565. The molecule has 0 bridgehead atoms. The van der Waals surface area contributed by atoms with Crippen molar-refractivity contribution in [3.63, 3.8) is 0 Å². The molecule has 0 saturated carbocycles. The van der Waals surface area contributed by atoms with Gasteiger partial charge in [0.2, 0.25) is 0 Å². The van der Waals surface area contributed by atoms with E-state index in [1.165, 1.54) is 0 Å². The molecule has 0 amide bonds. The monoisotopic (exact) mass is 163 g/mol. The molecule has 5 heavy (non-hydrogen) atoms. The van der Waals surface area contributed by atoms with E-state index in [-0.39, 0.29) is 17.1 Å². The summed E-state index contributed by atoms with van der Waals surface area (Å²) < 4.78 is 24.4. The van der Waals surface area contributed by atoms with Crippen LogP contribution in [-0.2, 0) is 39.8 Å². The van der Waals surface area contributed by atoms with Crippen LogP contribution in [-0.4, -0.2) is 4.03 Å². The van der Waals surface area contributed by atoms with Crippen LogP contribution in [0.1, 0.15) is 0 Å². The zero-order valence-electron chi connectivity index (χ0n) is 2.01. The van der Waals surface area contributed by atoms with E-state index in [2.05, 4.69) is 0 Å². The van der Waals surface area contributed by atoms with Gasteiger partial charge in [-0.2, -0.15) is 0 Å². The van der Waals surface area contributed by atoms with Crippen LogP contribution in [0, 0.1) is 0 Å². The molecule has 0 aromatic rings. The van der Waals surface area contributed by atoms with Gasteiger partial charge in [0.1, 0.15) is 0 Å². The molecule has 0 aliphatic carbocycles. The van der Waals surface area contributed by atoms with Gasteiger partial charge in [-0.3, -0.25) is 0 Å². The third kappa shape index (κ3) is 75.1. The second-order valence-electron chi connectivity index (χ2n) is 0.238. The number of rotatable bonds is 0. The van der Waals surface area contributed by atoms with Gasteiger partial charge >= 0.3 is 26.8 Å². The van der Waals surface area contributed by atoms with Crippen molar-refractivity contribution in [1.82, 2.24) is 0 Å². The van der Waals surface area contributed by atoms with Crippen molar-refractivity contribution in [2.75, 3.05) is 0 Å². The standard InChI is InChI=1S/Cu.H2O.2O.V/h;1H2;;;/q;;;;+1/p-1. The van der Waals surface area contributed by atoms with Crippen LogP contribution in [0.15, 0.2) is 0 Å². The summed E-state index contributed by atoms with van der Waals surface area (Å²) in [7, 11) is 0. The van der Waals surface area contributed by atoms with E-state index in [1.54, 1.807) is 0 Å². The Hall–Kier alpha value is 0.664. The molecule has 0 heterocycles. The van der Waals surface area contributed by atoms with Crippen LogP contribution in [0.5, 0.6) is 0 Å². The Kier molecular flexibility index (Phi) is 8.56. The summed E-state index contributed by atoms with van der Waals surface area (Å²) in [5.41, 5.74) is 0. The molecule has 0 spiro atoms. The van der Waals surface area contributed by atoms with Crippen molar-refractivity contribution in [2.24, 2.45) is 0 Å². The summed E-state index contributed by atoms with van der Waals surface area (Å²) in [6, 6.07) is 0. The molecule has 35 valence electrons. The van der Waals surface area contributed by atoms with Crippen molar-refractivity contribution < 1.29 is 43.8 Å². The molecule has 5 heteroatoms. The van der Waals surface area contributed by atoms with Crippen molar-refractivity contribution in [1.29, 1.82) is 0 Å². The molecule has 3 nitrogen and oxygen atoms in total. The van der Waals surface area contributed by atoms with Gasteiger partial charge in [0, 0.05) is 17.1 Å². The summed E-state index contributed by atoms with van der Waals surface area (Å²) in [5.74, 6) is 0. The van der Waals surface area contributed by atoms with Crippen molar-refractivity contribution >= 4 is 0 Å². The van der Waals surface area contributed by atoms with Crippen molar-refractivity contribution in [3.8, 4) is 0 Å². The Labute approximate surface area is 44.2 Å². The summed E-state index contributed by atoms with van der Waals surface area (Å²) in [4.78, 5) is 0. The molecule has 0 unspecified atom stereocenters. The Morgan fingerprint density at radius 3 is 1.40 bits per heavy atom. The molecule has 0 aliphatic rings. The summed E-state index contributed by atoms with van der Waals surface area (Å²) in [5, 5.41) is 0. The van der Waals surface area contributed by atoms with Crippen LogP contribution >= 0.6 is 0 Å². The second kappa shape index (κ2) is 4.66.